The molecule has 3 aromatic rings. The van der Waals surface area contributed by atoms with E-state index in [0.29, 0.717) is 24.9 Å². The Morgan fingerprint density at radius 2 is 1.96 bits per heavy atom. The minimum Gasteiger partial charge on any atom is -0.494 e. The fourth-order valence-corrected chi connectivity index (χ4v) is 3.83. The number of thiophene rings is 1. The number of nitrogens with zero attached hydrogens (tertiary/aromatic N) is 2. The average molecular weight is 372 g/mol. The van der Waals surface area contributed by atoms with Crippen LogP contribution in [0.25, 0.3) is 11.4 Å². The highest BCUT2D eigenvalue weighted by Gasteiger charge is 2.27. The van der Waals surface area contributed by atoms with Crippen molar-refractivity contribution >= 4 is 11.3 Å². The molecule has 1 atom stereocenters. The van der Waals surface area contributed by atoms with Gasteiger partial charge < -0.3 is 14.6 Å². The van der Waals surface area contributed by atoms with Crippen LogP contribution in [-0.4, -0.2) is 16.7 Å². The third-order valence-electron chi connectivity index (χ3n) is 4.04. The zero-order chi connectivity index (χ0) is 18.6. The Balaban J connectivity index is 1.68. The predicted molar refractivity (Wildman–Crippen MR) is 104 cm³/mol. The number of hydrogen-bond acceptors (Lipinski definition) is 6. The molecule has 3 rings (SSSR count). The number of rotatable bonds is 7. The molecule has 0 saturated carbocycles. The first kappa shape index (κ1) is 18.6. The van der Waals surface area contributed by atoms with Crippen LogP contribution in [0, 0.1) is 5.41 Å². The van der Waals surface area contributed by atoms with E-state index in [4.69, 9.17) is 9.26 Å². The summed E-state index contributed by atoms with van der Waals surface area (Å²) >= 11 is 1.76. The van der Waals surface area contributed by atoms with Crippen molar-refractivity contribution in [1.29, 1.82) is 0 Å². The van der Waals surface area contributed by atoms with Crippen LogP contribution >= 0.6 is 11.3 Å². The smallest absolute Gasteiger partial charge is 0.240 e. The molecular formula is C20H25N3O2S. The second kappa shape index (κ2) is 8.01. The molecule has 1 aromatic carbocycles. The third-order valence-corrected chi connectivity index (χ3v) is 4.98. The Labute approximate surface area is 158 Å². The van der Waals surface area contributed by atoms with Gasteiger partial charge >= 0.3 is 0 Å². The van der Waals surface area contributed by atoms with Gasteiger partial charge in [0.25, 0.3) is 0 Å². The minimum atomic E-state index is 0.0861. The normalized spacial score (nSPS) is 12.9. The number of aromatic nitrogens is 2. The van der Waals surface area contributed by atoms with Gasteiger partial charge in [-0.15, -0.1) is 11.3 Å². The van der Waals surface area contributed by atoms with Crippen LogP contribution < -0.4 is 10.1 Å². The summed E-state index contributed by atoms with van der Waals surface area (Å²) in [4.78, 5) is 5.82. The monoisotopic (exact) mass is 371 g/mol. The molecule has 1 N–H and O–H groups in total. The molecule has 0 spiro atoms. The largest absolute Gasteiger partial charge is 0.494 e. The molecule has 5 nitrogen and oxygen atoms in total. The van der Waals surface area contributed by atoms with Crippen molar-refractivity contribution in [3.63, 3.8) is 0 Å². The first-order chi connectivity index (χ1) is 12.5. The van der Waals surface area contributed by atoms with Gasteiger partial charge in [0.05, 0.1) is 13.2 Å². The zero-order valence-corrected chi connectivity index (χ0v) is 16.5. The SMILES string of the molecule is CCOc1ccc(-c2noc(CNC(c3cccs3)C(C)(C)C)n2)cc1. The van der Waals surface area contributed by atoms with Gasteiger partial charge in [-0.2, -0.15) is 4.98 Å². The standard InChI is InChI=1S/C20H25N3O2S/c1-5-24-15-10-8-14(9-11-15)19-22-17(25-23-19)13-21-18(20(2,3)4)16-7-6-12-26-16/h6-12,18,21H,5,13H2,1-4H3. The molecule has 0 bridgehead atoms. The van der Waals surface area contributed by atoms with E-state index in [0.717, 1.165) is 11.3 Å². The lowest BCUT2D eigenvalue weighted by molar-refractivity contribution is 0.260. The van der Waals surface area contributed by atoms with Gasteiger partial charge in [-0.3, -0.25) is 0 Å². The van der Waals surface area contributed by atoms with Crippen molar-refractivity contribution in [3.05, 3.63) is 52.5 Å². The quantitative estimate of drug-likeness (QED) is 0.628. The molecule has 0 radical (unpaired) electrons. The lowest BCUT2D eigenvalue weighted by Gasteiger charge is -2.30. The van der Waals surface area contributed by atoms with Crippen molar-refractivity contribution < 1.29 is 9.26 Å². The number of ether oxygens (including phenoxy) is 1. The lowest BCUT2D eigenvalue weighted by Crippen LogP contribution is -2.31. The van der Waals surface area contributed by atoms with Crippen LogP contribution in [0.5, 0.6) is 5.75 Å². The van der Waals surface area contributed by atoms with Crippen LogP contribution in [-0.2, 0) is 6.54 Å². The zero-order valence-electron chi connectivity index (χ0n) is 15.7. The van der Waals surface area contributed by atoms with E-state index in [1.54, 1.807) is 11.3 Å². The Bertz CT molecular complexity index is 804. The van der Waals surface area contributed by atoms with E-state index in [1.807, 2.05) is 31.2 Å². The first-order valence-corrected chi connectivity index (χ1v) is 9.68. The molecular weight excluding hydrogens is 346 g/mol. The fraction of sp³-hybridized carbons (Fsp3) is 0.400. The van der Waals surface area contributed by atoms with E-state index in [1.165, 1.54) is 4.88 Å². The van der Waals surface area contributed by atoms with Gasteiger partial charge in [-0.25, -0.2) is 0 Å². The molecule has 1 unspecified atom stereocenters. The Kier molecular flexibility index (Phi) is 5.74. The summed E-state index contributed by atoms with van der Waals surface area (Å²) < 4.78 is 10.9. The molecule has 138 valence electrons. The van der Waals surface area contributed by atoms with Crippen LogP contribution in [0.15, 0.2) is 46.3 Å². The molecule has 0 aliphatic heterocycles. The summed E-state index contributed by atoms with van der Waals surface area (Å²) in [7, 11) is 0. The van der Waals surface area contributed by atoms with Gasteiger partial charge in [0.1, 0.15) is 5.75 Å². The maximum atomic E-state index is 5.46. The molecule has 6 heteroatoms. The van der Waals surface area contributed by atoms with Gasteiger partial charge in [0.15, 0.2) is 0 Å². The Morgan fingerprint density at radius 1 is 1.19 bits per heavy atom. The highest BCUT2D eigenvalue weighted by atomic mass is 32.1. The Morgan fingerprint density at radius 3 is 2.58 bits per heavy atom. The summed E-state index contributed by atoms with van der Waals surface area (Å²) in [6.07, 6.45) is 0. The van der Waals surface area contributed by atoms with Crippen molar-refractivity contribution in [1.82, 2.24) is 15.5 Å². The highest BCUT2D eigenvalue weighted by Crippen LogP contribution is 2.35. The van der Waals surface area contributed by atoms with Crippen molar-refractivity contribution in [2.45, 2.75) is 40.3 Å². The van der Waals surface area contributed by atoms with E-state index in [2.05, 4.69) is 53.7 Å². The second-order valence-electron chi connectivity index (χ2n) is 7.16. The average Bonchev–Trinajstić information content (AvgIpc) is 3.27. The van der Waals surface area contributed by atoms with Crippen molar-refractivity contribution in [2.75, 3.05) is 6.61 Å². The summed E-state index contributed by atoms with van der Waals surface area (Å²) in [5.41, 5.74) is 0.997. The maximum absolute atomic E-state index is 5.46. The van der Waals surface area contributed by atoms with E-state index in [-0.39, 0.29) is 11.5 Å². The molecule has 0 fully saturated rings. The molecule has 2 heterocycles. The number of hydrogen-bond donors (Lipinski definition) is 1. The van der Waals surface area contributed by atoms with Crippen molar-refractivity contribution in [3.8, 4) is 17.1 Å². The van der Waals surface area contributed by atoms with E-state index in [9.17, 15) is 0 Å². The molecule has 0 saturated heterocycles. The predicted octanol–water partition coefficient (Wildman–Crippen LogP) is 5.07. The topological polar surface area (TPSA) is 60.2 Å². The second-order valence-corrected chi connectivity index (χ2v) is 8.14. The van der Waals surface area contributed by atoms with Gasteiger partial charge in [-0.05, 0) is 48.1 Å². The van der Waals surface area contributed by atoms with Gasteiger partial charge in [0, 0.05) is 16.5 Å². The molecule has 26 heavy (non-hydrogen) atoms. The summed E-state index contributed by atoms with van der Waals surface area (Å²) in [6.45, 7) is 9.82. The fourth-order valence-electron chi connectivity index (χ4n) is 2.79. The summed E-state index contributed by atoms with van der Waals surface area (Å²) in [6, 6.07) is 12.2. The van der Waals surface area contributed by atoms with Gasteiger partial charge in [0.2, 0.25) is 11.7 Å². The summed E-state index contributed by atoms with van der Waals surface area (Å²) in [5, 5.41) is 9.77. The van der Waals surface area contributed by atoms with Crippen LogP contribution in [0.4, 0.5) is 0 Å². The molecule has 2 aromatic heterocycles. The third kappa shape index (κ3) is 4.51. The van der Waals surface area contributed by atoms with Gasteiger partial charge in [-0.1, -0.05) is 32.0 Å². The van der Waals surface area contributed by atoms with Crippen LogP contribution in [0.2, 0.25) is 0 Å². The molecule has 0 amide bonds. The van der Waals surface area contributed by atoms with Crippen molar-refractivity contribution in [2.24, 2.45) is 5.41 Å². The minimum absolute atomic E-state index is 0.0861. The van der Waals surface area contributed by atoms with Crippen LogP contribution in [0.1, 0.15) is 44.5 Å². The summed E-state index contributed by atoms with van der Waals surface area (Å²) in [5.74, 6) is 2.01. The first-order valence-electron chi connectivity index (χ1n) is 8.80. The number of benzene rings is 1. The van der Waals surface area contributed by atoms with E-state index >= 15 is 0 Å². The maximum Gasteiger partial charge on any atom is 0.240 e. The molecule has 0 aliphatic rings. The van der Waals surface area contributed by atoms with Crippen LogP contribution in [0.3, 0.4) is 0 Å². The Hall–Kier alpha value is -2.18. The molecule has 0 aliphatic carbocycles. The lowest BCUT2D eigenvalue weighted by atomic mass is 9.86. The van der Waals surface area contributed by atoms with E-state index < -0.39 is 0 Å². The highest BCUT2D eigenvalue weighted by molar-refractivity contribution is 7.10. The number of nitrogens with one attached hydrogen (secondary N) is 1.